The average Bonchev–Trinajstić information content (AvgIpc) is 3.75. The first-order valence-corrected chi connectivity index (χ1v) is 15.8. The Kier molecular flexibility index (Phi) is 4.13. The molecule has 0 aliphatic heterocycles. The summed E-state index contributed by atoms with van der Waals surface area (Å²) in [5.74, 6) is 0. The summed E-state index contributed by atoms with van der Waals surface area (Å²) in [5.41, 5.74) is 3.79. The molecular formula is C35H18N2S3. The number of hydrogen-bond donors (Lipinski definition) is 0. The molecule has 2 nitrogen and oxygen atoms in total. The van der Waals surface area contributed by atoms with Crippen molar-refractivity contribution in [1.82, 2.24) is 9.55 Å². The third-order valence-corrected chi connectivity index (χ3v) is 11.9. The molecule has 0 aliphatic rings. The maximum atomic E-state index is 4.81. The van der Waals surface area contributed by atoms with Gasteiger partial charge in [0.25, 0.3) is 0 Å². The fourth-order valence-corrected chi connectivity index (χ4v) is 10.4. The van der Waals surface area contributed by atoms with E-state index in [-0.39, 0.29) is 0 Å². The number of para-hydroxylation sites is 1. The number of aromatic nitrogens is 2. The Morgan fingerprint density at radius 1 is 0.475 bits per heavy atom. The largest absolute Gasteiger partial charge is 0.307 e. The van der Waals surface area contributed by atoms with E-state index in [1.165, 1.54) is 83.3 Å². The van der Waals surface area contributed by atoms with Crippen LogP contribution in [0.2, 0.25) is 0 Å². The summed E-state index contributed by atoms with van der Waals surface area (Å²) in [6, 6.07) is 37.8. The van der Waals surface area contributed by atoms with Crippen molar-refractivity contribution in [3.63, 3.8) is 0 Å². The fraction of sp³-hybridized carbons (Fsp3) is 0. The second kappa shape index (κ2) is 7.67. The van der Waals surface area contributed by atoms with Gasteiger partial charge in [0.15, 0.2) is 0 Å². The van der Waals surface area contributed by atoms with Crippen LogP contribution in [0.3, 0.4) is 0 Å². The highest BCUT2D eigenvalue weighted by Crippen LogP contribution is 2.52. The minimum absolute atomic E-state index is 1.10. The Morgan fingerprint density at radius 3 is 2.05 bits per heavy atom. The lowest BCUT2D eigenvalue weighted by atomic mass is 10.0. The van der Waals surface area contributed by atoms with E-state index in [9.17, 15) is 0 Å². The maximum absolute atomic E-state index is 4.81. The predicted molar refractivity (Wildman–Crippen MR) is 177 cm³/mol. The molecule has 0 saturated carbocycles. The number of hydrogen-bond acceptors (Lipinski definition) is 4. The number of fused-ring (bicyclic) bond motifs is 15. The minimum Gasteiger partial charge on any atom is -0.307 e. The van der Waals surface area contributed by atoms with Crippen molar-refractivity contribution in [3.8, 4) is 5.69 Å². The van der Waals surface area contributed by atoms with Crippen LogP contribution in [0.5, 0.6) is 0 Å². The molecule has 0 fully saturated rings. The summed E-state index contributed by atoms with van der Waals surface area (Å²) in [7, 11) is 0. The van der Waals surface area contributed by atoms with Gasteiger partial charge in [-0.15, -0.1) is 34.0 Å². The van der Waals surface area contributed by atoms with E-state index < -0.39 is 0 Å². The molecule has 5 aromatic carbocycles. The number of nitrogens with zero attached hydrogens (tertiary/aromatic N) is 2. The lowest BCUT2D eigenvalue weighted by Crippen LogP contribution is -1.94. The summed E-state index contributed by atoms with van der Waals surface area (Å²) < 4.78 is 9.25. The van der Waals surface area contributed by atoms with E-state index in [0.29, 0.717) is 0 Å². The Balaban J connectivity index is 1.56. The minimum atomic E-state index is 1.10. The molecule has 0 spiro atoms. The van der Waals surface area contributed by atoms with Crippen molar-refractivity contribution in [2.75, 3.05) is 0 Å². The Labute approximate surface area is 240 Å². The highest BCUT2D eigenvalue weighted by Gasteiger charge is 2.25. The molecule has 0 bridgehead atoms. The smallest absolute Gasteiger partial charge is 0.124 e. The van der Waals surface area contributed by atoms with Gasteiger partial charge in [-0.1, -0.05) is 66.7 Å². The molecule has 5 aromatic heterocycles. The molecule has 0 aliphatic carbocycles. The normalized spacial score (nSPS) is 12.5. The third-order valence-electron chi connectivity index (χ3n) is 8.25. The zero-order chi connectivity index (χ0) is 25.9. The van der Waals surface area contributed by atoms with E-state index in [2.05, 4.69) is 108 Å². The van der Waals surface area contributed by atoms with E-state index in [1.807, 2.05) is 40.2 Å². The topological polar surface area (TPSA) is 17.8 Å². The van der Waals surface area contributed by atoms with Gasteiger partial charge in [0.2, 0.25) is 0 Å². The van der Waals surface area contributed by atoms with Crippen LogP contribution >= 0.6 is 34.0 Å². The lowest BCUT2D eigenvalue weighted by Gasteiger charge is -2.11. The van der Waals surface area contributed by atoms with Crippen LogP contribution in [0.15, 0.2) is 109 Å². The Bertz CT molecular complexity index is 2660. The summed E-state index contributed by atoms with van der Waals surface area (Å²) in [6.45, 7) is 0. The Morgan fingerprint density at radius 2 is 1.15 bits per heavy atom. The second-order valence-electron chi connectivity index (χ2n) is 10.3. The molecule has 0 atom stereocenters. The quantitative estimate of drug-likeness (QED) is 0.195. The lowest BCUT2D eigenvalue weighted by molar-refractivity contribution is 1.21. The van der Waals surface area contributed by atoms with E-state index in [1.54, 1.807) is 0 Å². The van der Waals surface area contributed by atoms with E-state index in [4.69, 9.17) is 4.98 Å². The first-order chi connectivity index (χ1) is 19.9. The summed E-state index contributed by atoms with van der Waals surface area (Å²) in [5, 5.41) is 10.5. The highest BCUT2D eigenvalue weighted by molar-refractivity contribution is 7.33. The van der Waals surface area contributed by atoms with Gasteiger partial charge < -0.3 is 4.57 Å². The number of thiophene rings is 3. The maximum Gasteiger partial charge on any atom is 0.124 e. The zero-order valence-corrected chi connectivity index (χ0v) is 23.5. The standard InChI is InChI=1S/C35H18N2S3/c1-4-14-24-21(10-1)28-29-23-13-8-18-36-35(23)40-33(29)34-30(22-11-3-6-17-27(22)39-34)31(28)37(24)25-15-7-12-20-19-9-2-5-16-26(19)38-32(20)25/h1-18H. The molecule has 0 radical (unpaired) electrons. The van der Waals surface area contributed by atoms with E-state index >= 15 is 0 Å². The van der Waals surface area contributed by atoms with Crippen LogP contribution in [0.25, 0.3) is 88.1 Å². The number of pyridine rings is 1. The summed E-state index contributed by atoms with van der Waals surface area (Å²) in [6.07, 6.45) is 1.92. The van der Waals surface area contributed by atoms with E-state index in [0.717, 1.165) is 4.83 Å². The third kappa shape index (κ3) is 2.60. The zero-order valence-electron chi connectivity index (χ0n) is 21.0. The van der Waals surface area contributed by atoms with Crippen LogP contribution in [-0.2, 0) is 0 Å². The highest BCUT2D eigenvalue weighted by atomic mass is 32.1. The van der Waals surface area contributed by atoms with Crippen molar-refractivity contribution < 1.29 is 0 Å². The van der Waals surface area contributed by atoms with Crippen LogP contribution in [-0.4, -0.2) is 9.55 Å². The van der Waals surface area contributed by atoms with Crippen molar-refractivity contribution in [3.05, 3.63) is 109 Å². The van der Waals surface area contributed by atoms with Gasteiger partial charge in [-0.2, -0.15) is 0 Å². The van der Waals surface area contributed by atoms with Crippen LogP contribution in [0.1, 0.15) is 0 Å². The number of benzene rings is 5. The van der Waals surface area contributed by atoms with Crippen molar-refractivity contribution in [2.45, 2.75) is 0 Å². The second-order valence-corrected chi connectivity index (χ2v) is 13.4. The van der Waals surface area contributed by atoms with Gasteiger partial charge in [-0.3, -0.25) is 0 Å². The molecule has 0 unspecified atom stereocenters. The summed E-state index contributed by atoms with van der Waals surface area (Å²) >= 11 is 5.64. The molecule has 186 valence electrons. The first-order valence-electron chi connectivity index (χ1n) is 13.3. The first kappa shape index (κ1) is 21.5. The number of rotatable bonds is 1. The van der Waals surface area contributed by atoms with Gasteiger partial charge >= 0.3 is 0 Å². The molecule has 0 amide bonds. The van der Waals surface area contributed by atoms with Crippen LogP contribution in [0, 0.1) is 0 Å². The fourth-order valence-electron chi connectivity index (χ4n) is 6.67. The van der Waals surface area contributed by atoms with Crippen LogP contribution in [0.4, 0.5) is 0 Å². The van der Waals surface area contributed by atoms with Gasteiger partial charge in [0.05, 0.1) is 30.8 Å². The SMILES string of the molecule is c1ccc2c(c1)sc1c(-n3c4ccccc4c4c5c6cccnc6sc5c5sc6ccccc6c5c43)cccc12. The summed E-state index contributed by atoms with van der Waals surface area (Å²) in [4.78, 5) is 5.92. The van der Waals surface area contributed by atoms with Gasteiger partial charge in [0, 0.05) is 58.7 Å². The monoisotopic (exact) mass is 562 g/mol. The van der Waals surface area contributed by atoms with Gasteiger partial charge in [0.1, 0.15) is 4.83 Å². The van der Waals surface area contributed by atoms with Crippen molar-refractivity contribution >= 4 is 116 Å². The predicted octanol–water partition coefficient (Wildman–Crippen LogP) is 11.3. The molecule has 10 aromatic rings. The molecule has 0 N–H and O–H groups in total. The molecule has 40 heavy (non-hydrogen) atoms. The molecule has 0 saturated heterocycles. The molecule has 10 rings (SSSR count). The molecule has 5 heterocycles. The van der Waals surface area contributed by atoms with Crippen molar-refractivity contribution in [2.24, 2.45) is 0 Å². The van der Waals surface area contributed by atoms with Crippen molar-refractivity contribution in [1.29, 1.82) is 0 Å². The average molecular weight is 563 g/mol. The van der Waals surface area contributed by atoms with Crippen LogP contribution < -0.4 is 0 Å². The Hall–Kier alpha value is -4.29. The van der Waals surface area contributed by atoms with Gasteiger partial charge in [-0.25, -0.2) is 4.98 Å². The molecular weight excluding hydrogens is 545 g/mol. The molecule has 5 heteroatoms. The van der Waals surface area contributed by atoms with Gasteiger partial charge in [-0.05, 0) is 36.4 Å².